The van der Waals surface area contributed by atoms with Crippen molar-refractivity contribution in [1.29, 1.82) is 0 Å². The Morgan fingerprint density at radius 3 is 2.43 bits per heavy atom. The number of halogens is 1. The molecule has 0 aromatic heterocycles. The van der Waals surface area contributed by atoms with Crippen molar-refractivity contribution in [3.63, 3.8) is 0 Å². The van der Waals surface area contributed by atoms with Crippen LogP contribution >= 0.6 is 11.6 Å². The summed E-state index contributed by atoms with van der Waals surface area (Å²) in [6.07, 6.45) is 0. The second-order valence-electron chi connectivity index (χ2n) is 3.70. The number of hydrogen-bond acceptors (Lipinski definition) is 3. The van der Waals surface area contributed by atoms with Crippen molar-refractivity contribution in [2.24, 2.45) is 5.73 Å². The predicted octanol–water partition coefficient (Wildman–Crippen LogP) is 2.25. The smallest absolute Gasteiger partial charge is 0.142 e. The van der Waals surface area contributed by atoms with Gasteiger partial charge in [-0.25, -0.2) is 0 Å². The first-order valence-corrected chi connectivity index (χ1v) is 4.60. The average Bonchev–Trinajstić information content (AvgIpc) is 2.07. The maximum Gasteiger partial charge on any atom is 0.142 e. The van der Waals surface area contributed by atoms with Crippen molar-refractivity contribution < 1.29 is 9.84 Å². The fourth-order valence-corrected chi connectivity index (χ4v) is 1.47. The highest BCUT2D eigenvalue weighted by molar-refractivity contribution is 6.33. The van der Waals surface area contributed by atoms with E-state index in [0.717, 1.165) is 0 Å². The number of phenolic OH excluding ortho intramolecular Hbond substituents is 1. The summed E-state index contributed by atoms with van der Waals surface area (Å²) in [5.41, 5.74) is 5.83. The minimum atomic E-state index is -0.625. The first-order valence-electron chi connectivity index (χ1n) is 4.22. The fourth-order valence-electron chi connectivity index (χ4n) is 1.22. The van der Waals surface area contributed by atoms with E-state index in [1.807, 2.05) is 0 Å². The Hall–Kier alpha value is -0.930. The summed E-state index contributed by atoms with van der Waals surface area (Å²) in [6.45, 7) is 3.59. The Morgan fingerprint density at radius 1 is 1.43 bits per heavy atom. The van der Waals surface area contributed by atoms with E-state index in [4.69, 9.17) is 22.1 Å². The first kappa shape index (κ1) is 11.1. The SMILES string of the molecule is COc1ccc(C(C)(C)N)c(O)c1Cl. The summed E-state index contributed by atoms with van der Waals surface area (Å²) in [6, 6.07) is 3.39. The zero-order valence-electron chi connectivity index (χ0n) is 8.47. The van der Waals surface area contributed by atoms with Crippen LogP contribution in [0.25, 0.3) is 0 Å². The molecule has 0 heterocycles. The van der Waals surface area contributed by atoms with E-state index in [1.54, 1.807) is 26.0 Å². The number of aromatic hydroxyl groups is 1. The molecule has 0 fully saturated rings. The van der Waals surface area contributed by atoms with Gasteiger partial charge >= 0.3 is 0 Å². The molecule has 0 atom stereocenters. The highest BCUT2D eigenvalue weighted by atomic mass is 35.5. The number of hydrogen-bond donors (Lipinski definition) is 2. The van der Waals surface area contributed by atoms with Crippen LogP contribution in [0.15, 0.2) is 12.1 Å². The molecule has 0 aliphatic rings. The summed E-state index contributed by atoms with van der Waals surface area (Å²) >= 11 is 5.87. The maximum absolute atomic E-state index is 9.75. The van der Waals surface area contributed by atoms with Crippen LogP contribution in [0.4, 0.5) is 0 Å². The van der Waals surface area contributed by atoms with Crippen LogP contribution in [-0.4, -0.2) is 12.2 Å². The number of ether oxygens (including phenoxy) is 1. The minimum Gasteiger partial charge on any atom is -0.506 e. The molecule has 14 heavy (non-hydrogen) atoms. The Balaban J connectivity index is 3.31. The lowest BCUT2D eigenvalue weighted by Gasteiger charge is -2.21. The molecule has 3 N–H and O–H groups in total. The first-order chi connectivity index (χ1) is 6.38. The zero-order valence-corrected chi connectivity index (χ0v) is 9.22. The van der Waals surface area contributed by atoms with Crippen molar-refractivity contribution in [2.45, 2.75) is 19.4 Å². The summed E-state index contributed by atoms with van der Waals surface area (Å²) in [5.74, 6) is 0.427. The molecular weight excluding hydrogens is 202 g/mol. The summed E-state index contributed by atoms with van der Waals surface area (Å²) in [7, 11) is 1.49. The van der Waals surface area contributed by atoms with E-state index in [-0.39, 0.29) is 10.8 Å². The van der Waals surface area contributed by atoms with Crippen molar-refractivity contribution in [3.8, 4) is 11.5 Å². The normalized spacial score (nSPS) is 11.5. The maximum atomic E-state index is 9.75. The lowest BCUT2D eigenvalue weighted by molar-refractivity contribution is 0.401. The third kappa shape index (κ3) is 1.94. The van der Waals surface area contributed by atoms with E-state index in [0.29, 0.717) is 11.3 Å². The number of benzene rings is 1. The Bertz CT molecular complexity index is 345. The van der Waals surface area contributed by atoms with Gasteiger partial charge in [0.2, 0.25) is 0 Å². The van der Waals surface area contributed by atoms with Crippen LogP contribution in [0.3, 0.4) is 0 Å². The molecule has 1 rings (SSSR count). The highest BCUT2D eigenvalue weighted by Crippen LogP contribution is 2.39. The van der Waals surface area contributed by atoms with Crippen molar-refractivity contribution >= 4 is 11.6 Å². The molecule has 3 nitrogen and oxygen atoms in total. The van der Waals surface area contributed by atoms with Crippen LogP contribution in [0.5, 0.6) is 11.5 Å². The van der Waals surface area contributed by atoms with E-state index in [9.17, 15) is 5.11 Å². The molecule has 1 aromatic rings. The van der Waals surface area contributed by atoms with Gasteiger partial charge in [0.15, 0.2) is 0 Å². The third-order valence-electron chi connectivity index (χ3n) is 1.99. The Labute approximate surface area is 88.4 Å². The molecule has 0 spiro atoms. The number of phenols is 1. The van der Waals surface area contributed by atoms with Crippen molar-refractivity contribution in [1.82, 2.24) is 0 Å². The van der Waals surface area contributed by atoms with E-state index < -0.39 is 5.54 Å². The molecule has 0 radical (unpaired) electrons. The molecule has 0 aliphatic heterocycles. The van der Waals surface area contributed by atoms with Gasteiger partial charge in [0.1, 0.15) is 16.5 Å². The van der Waals surface area contributed by atoms with Gasteiger partial charge in [0.05, 0.1) is 7.11 Å². The van der Waals surface area contributed by atoms with E-state index >= 15 is 0 Å². The second kappa shape index (κ2) is 3.67. The molecule has 0 saturated heterocycles. The molecule has 0 unspecified atom stereocenters. The standard InChI is InChI=1S/C10H14ClNO2/c1-10(2,12)6-4-5-7(14-3)8(11)9(6)13/h4-5,13H,12H2,1-3H3. The van der Waals surface area contributed by atoms with Gasteiger partial charge in [0, 0.05) is 11.1 Å². The van der Waals surface area contributed by atoms with Gasteiger partial charge in [-0.15, -0.1) is 0 Å². The monoisotopic (exact) mass is 215 g/mol. The molecule has 0 aliphatic carbocycles. The molecular formula is C10H14ClNO2. The average molecular weight is 216 g/mol. The van der Waals surface area contributed by atoms with Crippen LogP contribution in [0.1, 0.15) is 19.4 Å². The van der Waals surface area contributed by atoms with Crippen molar-refractivity contribution in [3.05, 3.63) is 22.7 Å². The van der Waals surface area contributed by atoms with Gasteiger partial charge < -0.3 is 15.6 Å². The molecule has 4 heteroatoms. The molecule has 0 amide bonds. The quantitative estimate of drug-likeness (QED) is 0.796. The van der Waals surface area contributed by atoms with Crippen LogP contribution in [0, 0.1) is 0 Å². The second-order valence-corrected chi connectivity index (χ2v) is 4.08. The predicted molar refractivity (Wildman–Crippen MR) is 56.9 cm³/mol. The number of nitrogens with two attached hydrogens (primary N) is 1. The molecule has 1 aromatic carbocycles. The minimum absolute atomic E-state index is 0.0153. The van der Waals surface area contributed by atoms with Crippen LogP contribution in [-0.2, 0) is 5.54 Å². The van der Waals surface area contributed by atoms with Gasteiger partial charge in [-0.2, -0.15) is 0 Å². The molecule has 0 bridgehead atoms. The Kier molecular flexibility index (Phi) is 2.92. The number of methoxy groups -OCH3 is 1. The van der Waals surface area contributed by atoms with Gasteiger partial charge in [0.25, 0.3) is 0 Å². The largest absolute Gasteiger partial charge is 0.506 e. The molecule has 0 saturated carbocycles. The van der Waals surface area contributed by atoms with E-state index in [1.165, 1.54) is 7.11 Å². The zero-order chi connectivity index (χ0) is 10.9. The summed E-state index contributed by atoms with van der Waals surface area (Å²) in [4.78, 5) is 0. The fraction of sp³-hybridized carbons (Fsp3) is 0.400. The van der Waals surface area contributed by atoms with Crippen LogP contribution < -0.4 is 10.5 Å². The van der Waals surface area contributed by atoms with Gasteiger partial charge in [-0.1, -0.05) is 11.6 Å². The lowest BCUT2D eigenvalue weighted by Crippen LogP contribution is -2.28. The van der Waals surface area contributed by atoms with Crippen molar-refractivity contribution in [2.75, 3.05) is 7.11 Å². The van der Waals surface area contributed by atoms with Crippen LogP contribution in [0.2, 0.25) is 5.02 Å². The molecule has 78 valence electrons. The van der Waals surface area contributed by atoms with E-state index in [2.05, 4.69) is 0 Å². The topological polar surface area (TPSA) is 55.5 Å². The lowest BCUT2D eigenvalue weighted by atomic mass is 9.94. The van der Waals surface area contributed by atoms with Gasteiger partial charge in [-0.05, 0) is 26.0 Å². The summed E-state index contributed by atoms with van der Waals surface area (Å²) < 4.78 is 4.96. The van der Waals surface area contributed by atoms with Gasteiger partial charge in [-0.3, -0.25) is 0 Å². The number of rotatable bonds is 2. The highest BCUT2D eigenvalue weighted by Gasteiger charge is 2.21. The third-order valence-corrected chi connectivity index (χ3v) is 2.36. The Morgan fingerprint density at radius 2 is 2.00 bits per heavy atom. The summed E-state index contributed by atoms with van der Waals surface area (Å²) in [5, 5.41) is 9.95.